The lowest BCUT2D eigenvalue weighted by molar-refractivity contribution is -0.192. The van der Waals surface area contributed by atoms with Gasteiger partial charge in [0, 0.05) is 44.2 Å². The summed E-state index contributed by atoms with van der Waals surface area (Å²) < 4.78 is 31.7. The molecular formula is C35H46F3N7O13S. The first kappa shape index (κ1) is 51.2. The number of carboxylic acid groups (broad SMARTS) is 5. The third-order valence-electron chi connectivity index (χ3n) is 7.46. The molecule has 0 radical (unpaired) electrons. The summed E-state index contributed by atoms with van der Waals surface area (Å²) in [6.07, 6.45) is -5.12. The minimum absolute atomic E-state index is 0.0261. The van der Waals surface area contributed by atoms with Crippen LogP contribution in [0.5, 0.6) is 0 Å². The van der Waals surface area contributed by atoms with Crippen LogP contribution >= 0.6 is 11.8 Å². The van der Waals surface area contributed by atoms with Crippen molar-refractivity contribution in [2.45, 2.75) is 30.9 Å². The van der Waals surface area contributed by atoms with E-state index < -0.39 is 86.0 Å². The molecule has 0 heterocycles. The average molecular weight is 862 g/mol. The van der Waals surface area contributed by atoms with Crippen LogP contribution in [0, 0.1) is 0 Å². The fraction of sp³-hybridized carbons (Fsp3) is 0.429. The number of thioether (sulfide) groups is 1. The van der Waals surface area contributed by atoms with Crippen LogP contribution in [0.3, 0.4) is 0 Å². The Hall–Kier alpha value is -5.82. The molecule has 2 rings (SSSR count). The summed E-state index contributed by atoms with van der Waals surface area (Å²) in [4.78, 5) is 95.1. The summed E-state index contributed by atoms with van der Waals surface area (Å²) in [7, 11) is 0. The number of hydrogen-bond donors (Lipinski definition) is 9. The average Bonchev–Trinajstić information content (AvgIpc) is 3.13. The molecule has 59 heavy (non-hydrogen) atoms. The maximum atomic E-state index is 12.9. The number of alkyl halides is 3. The van der Waals surface area contributed by atoms with Crippen molar-refractivity contribution < 1.29 is 77.1 Å². The molecule has 2 aromatic rings. The molecule has 3 amide bonds. The molecule has 20 nitrogen and oxygen atoms in total. The molecule has 2 aromatic carbocycles. The number of benzene rings is 2. The van der Waals surface area contributed by atoms with E-state index in [9.17, 15) is 46.7 Å². The smallest absolute Gasteiger partial charge is 0.480 e. The van der Waals surface area contributed by atoms with Crippen LogP contribution in [0.25, 0.3) is 0 Å². The number of hydrazine groups is 1. The second kappa shape index (κ2) is 27.0. The van der Waals surface area contributed by atoms with E-state index in [-0.39, 0.29) is 45.7 Å². The monoisotopic (exact) mass is 861 g/mol. The van der Waals surface area contributed by atoms with E-state index in [4.69, 9.17) is 36.1 Å². The van der Waals surface area contributed by atoms with Crippen LogP contribution in [0.1, 0.15) is 16.7 Å². The molecule has 1 atom stereocenters. The zero-order valence-corrected chi connectivity index (χ0v) is 32.2. The number of rotatable bonds is 25. The Balaban J connectivity index is 0.00000227. The number of aliphatic carboxylic acids is 5. The van der Waals surface area contributed by atoms with Crippen molar-refractivity contribution in [1.82, 2.24) is 30.9 Å². The SMILES string of the molecule is N[C@H](CSCc1ccccc1)C(=O)NNC(=O)Cc1ccc(CNC(=O)CN(CCN(CC(=O)O)CC(=O)O)CCN(CC(=O)O)CC(=O)O)cc1.O=C(O)C(F)(F)F. The summed E-state index contributed by atoms with van der Waals surface area (Å²) in [5.41, 5.74) is 13.1. The summed E-state index contributed by atoms with van der Waals surface area (Å²) in [5, 5.41) is 46.4. The number of carbonyl (C=O) groups is 8. The fourth-order valence-electron chi connectivity index (χ4n) is 4.67. The quantitative estimate of drug-likeness (QED) is 0.0548. The van der Waals surface area contributed by atoms with Crippen LogP contribution < -0.4 is 21.9 Å². The zero-order valence-electron chi connectivity index (χ0n) is 31.4. The molecule has 0 aromatic heterocycles. The van der Waals surface area contributed by atoms with Gasteiger partial charge in [-0.25, -0.2) is 4.79 Å². The van der Waals surface area contributed by atoms with Crippen molar-refractivity contribution in [1.29, 1.82) is 0 Å². The van der Waals surface area contributed by atoms with E-state index >= 15 is 0 Å². The highest BCUT2D eigenvalue weighted by molar-refractivity contribution is 7.98. The van der Waals surface area contributed by atoms with E-state index in [2.05, 4.69) is 16.2 Å². The fourth-order valence-corrected chi connectivity index (χ4v) is 5.62. The molecule has 0 aliphatic rings. The van der Waals surface area contributed by atoms with Crippen LogP contribution in [0.2, 0.25) is 0 Å². The van der Waals surface area contributed by atoms with Crippen molar-refractivity contribution in [2.24, 2.45) is 5.73 Å². The van der Waals surface area contributed by atoms with Gasteiger partial charge < -0.3 is 36.6 Å². The van der Waals surface area contributed by atoms with Gasteiger partial charge in [0.05, 0.1) is 45.2 Å². The van der Waals surface area contributed by atoms with Gasteiger partial charge in [0.25, 0.3) is 5.91 Å². The Morgan fingerprint density at radius 2 is 1.05 bits per heavy atom. The molecule has 0 spiro atoms. The highest BCUT2D eigenvalue weighted by Crippen LogP contribution is 2.13. The minimum Gasteiger partial charge on any atom is -0.480 e. The van der Waals surface area contributed by atoms with Gasteiger partial charge in [-0.3, -0.25) is 59.1 Å². The zero-order chi connectivity index (χ0) is 44.5. The Kier molecular flexibility index (Phi) is 23.4. The Morgan fingerprint density at radius 3 is 1.49 bits per heavy atom. The highest BCUT2D eigenvalue weighted by atomic mass is 32.2. The van der Waals surface area contributed by atoms with Gasteiger partial charge in [-0.1, -0.05) is 54.6 Å². The van der Waals surface area contributed by atoms with E-state index in [1.165, 1.54) is 11.8 Å². The van der Waals surface area contributed by atoms with Crippen molar-refractivity contribution in [3.05, 3.63) is 71.3 Å². The predicted octanol–water partition coefficient (Wildman–Crippen LogP) is -0.869. The maximum absolute atomic E-state index is 12.9. The second-order valence-electron chi connectivity index (χ2n) is 12.5. The highest BCUT2D eigenvalue weighted by Gasteiger charge is 2.38. The van der Waals surface area contributed by atoms with E-state index in [0.29, 0.717) is 22.6 Å². The van der Waals surface area contributed by atoms with Gasteiger partial charge in [0.15, 0.2) is 0 Å². The van der Waals surface area contributed by atoms with Gasteiger partial charge in [0.2, 0.25) is 11.8 Å². The topological polar surface area (TPSA) is 310 Å². The summed E-state index contributed by atoms with van der Waals surface area (Å²) >= 11 is 1.50. The molecular weight excluding hydrogens is 815 g/mol. The Bertz CT molecular complexity index is 1640. The third kappa shape index (κ3) is 25.2. The first-order valence-corrected chi connectivity index (χ1v) is 18.4. The van der Waals surface area contributed by atoms with Gasteiger partial charge in [-0.2, -0.15) is 24.9 Å². The molecule has 0 aliphatic heterocycles. The number of carbonyl (C=O) groups excluding carboxylic acids is 3. The third-order valence-corrected chi connectivity index (χ3v) is 8.59. The molecule has 0 unspecified atom stereocenters. The van der Waals surface area contributed by atoms with E-state index in [1.807, 2.05) is 30.3 Å². The molecule has 0 bridgehead atoms. The number of nitrogens with two attached hydrogens (primary N) is 1. The molecule has 326 valence electrons. The minimum atomic E-state index is -5.08. The maximum Gasteiger partial charge on any atom is 0.490 e. The van der Waals surface area contributed by atoms with Crippen molar-refractivity contribution in [3.8, 4) is 0 Å². The molecule has 0 saturated carbocycles. The lowest BCUT2D eigenvalue weighted by atomic mass is 10.1. The van der Waals surface area contributed by atoms with Crippen LogP contribution in [-0.4, -0.2) is 165 Å². The number of nitrogens with zero attached hydrogens (tertiary/aromatic N) is 3. The summed E-state index contributed by atoms with van der Waals surface area (Å²) in [6, 6.07) is 15.7. The number of hydrogen-bond acceptors (Lipinski definition) is 13. The van der Waals surface area contributed by atoms with Crippen LogP contribution in [0.4, 0.5) is 13.2 Å². The number of carboxylic acids is 5. The number of halogens is 3. The summed E-state index contributed by atoms with van der Waals surface area (Å²) in [6.45, 7) is -2.44. The van der Waals surface area contributed by atoms with Crippen molar-refractivity contribution in [3.63, 3.8) is 0 Å². The molecule has 0 fully saturated rings. The second-order valence-corrected chi connectivity index (χ2v) is 13.5. The number of nitrogens with one attached hydrogen (secondary N) is 3. The van der Waals surface area contributed by atoms with Gasteiger partial charge in [-0.15, -0.1) is 0 Å². The lowest BCUT2D eigenvalue weighted by Gasteiger charge is -2.28. The Morgan fingerprint density at radius 1 is 0.610 bits per heavy atom. The van der Waals surface area contributed by atoms with Crippen LogP contribution in [-0.2, 0) is 57.1 Å². The van der Waals surface area contributed by atoms with Crippen molar-refractivity contribution in [2.75, 3.05) is 64.7 Å². The van der Waals surface area contributed by atoms with Gasteiger partial charge in [0.1, 0.15) is 0 Å². The predicted molar refractivity (Wildman–Crippen MR) is 202 cm³/mol. The van der Waals surface area contributed by atoms with Gasteiger partial charge >= 0.3 is 36.0 Å². The standard InChI is InChI=1S/C33H45N7O11S.C2HF3O2/c34-26(22-52-21-25-4-2-1-3-5-25)33(51)37-36-27(41)14-23-6-8-24(9-7-23)15-35-28(42)16-38(10-12-39(17-29(43)44)18-30(45)46)11-13-40(19-31(47)48)20-32(49)50;3-2(4,5)1(6)7/h1-9,26H,10-22,34H2,(H,35,42)(H,36,41)(H,37,51)(H,43,44)(H,45,46)(H,47,48)(H,49,50);(H,6,7)/t26-;/m1./s1. The van der Waals surface area contributed by atoms with E-state index in [1.54, 1.807) is 29.2 Å². The van der Waals surface area contributed by atoms with E-state index in [0.717, 1.165) is 15.4 Å². The molecule has 0 saturated heterocycles. The normalized spacial score (nSPS) is 11.6. The summed E-state index contributed by atoms with van der Waals surface area (Å²) in [5.74, 6) is -8.12. The lowest BCUT2D eigenvalue weighted by Crippen LogP contribution is -2.50. The first-order chi connectivity index (χ1) is 27.6. The van der Waals surface area contributed by atoms with Crippen molar-refractivity contribution >= 4 is 59.3 Å². The largest absolute Gasteiger partial charge is 0.490 e. The molecule has 24 heteroatoms. The molecule has 10 N–H and O–H groups in total. The van der Waals surface area contributed by atoms with Gasteiger partial charge in [-0.05, 0) is 16.7 Å². The number of amides is 3. The first-order valence-electron chi connectivity index (χ1n) is 17.3. The molecule has 0 aliphatic carbocycles. The Labute approximate surface area is 339 Å². The van der Waals surface area contributed by atoms with Crippen LogP contribution in [0.15, 0.2) is 54.6 Å².